The molecule has 0 spiro atoms. The van der Waals surface area contributed by atoms with Gasteiger partial charge in [0.05, 0.1) is 5.69 Å². The number of Topliss-reactive ketones (excluding diaryl/α,β-unsaturated/α-hetero) is 2. The first-order valence-corrected chi connectivity index (χ1v) is 9.74. The Morgan fingerprint density at radius 2 is 0.867 bits per heavy atom. The highest BCUT2D eigenvalue weighted by atomic mass is 16.1. The lowest BCUT2D eigenvalue weighted by atomic mass is 10.1. The lowest BCUT2D eigenvalue weighted by molar-refractivity contribution is 0.100. The van der Waals surface area contributed by atoms with E-state index in [1.807, 2.05) is 93.6 Å². The van der Waals surface area contributed by atoms with E-state index in [9.17, 15) is 9.59 Å². The highest BCUT2D eigenvalue weighted by molar-refractivity contribution is 5.94. The second kappa shape index (κ2) is 12.9. The van der Waals surface area contributed by atoms with Crippen LogP contribution < -0.4 is 0 Å². The first kappa shape index (κ1) is 24.6. The minimum Gasteiger partial charge on any atom is -0.295 e. The molecule has 0 aromatic heterocycles. The quantitative estimate of drug-likeness (QED) is 0.346. The topological polar surface area (TPSA) is 58.9 Å². The van der Waals surface area contributed by atoms with Crippen molar-refractivity contribution in [2.45, 2.75) is 34.6 Å². The molecule has 30 heavy (non-hydrogen) atoms. The lowest BCUT2D eigenvalue weighted by Crippen LogP contribution is -1.90. The van der Waals surface area contributed by atoms with E-state index in [0.29, 0.717) is 0 Å². The first-order valence-electron chi connectivity index (χ1n) is 9.74. The molecule has 0 heterocycles. The van der Waals surface area contributed by atoms with Gasteiger partial charge in [0.25, 0.3) is 0 Å². The Kier molecular flexibility index (Phi) is 10.6. The molecule has 0 aliphatic rings. The summed E-state index contributed by atoms with van der Waals surface area (Å²) in [6.07, 6.45) is 0. The van der Waals surface area contributed by atoms with Gasteiger partial charge >= 0.3 is 0 Å². The molecule has 0 N–H and O–H groups in total. The molecule has 3 aromatic rings. The van der Waals surface area contributed by atoms with Gasteiger partial charge in [-0.25, -0.2) is 0 Å². The molecule has 0 aliphatic carbocycles. The van der Waals surface area contributed by atoms with Gasteiger partial charge in [0.2, 0.25) is 0 Å². The van der Waals surface area contributed by atoms with Crippen LogP contribution in [0.1, 0.15) is 51.3 Å². The summed E-state index contributed by atoms with van der Waals surface area (Å²) in [5.41, 5.74) is 6.09. The van der Waals surface area contributed by atoms with E-state index in [2.05, 4.69) is 10.2 Å². The van der Waals surface area contributed by atoms with Crippen LogP contribution in [-0.2, 0) is 0 Å². The molecule has 3 rings (SSSR count). The normalized spacial score (nSPS) is 9.80. The number of nitrogens with zero attached hydrogens (tertiary/aromatic N) is 2. The summed E-state index contributed by atoms with van der Waals surface area (Å²) in [5.74, 6) is 0.250. The van der Waals surface area contributed by atoms with E-state index >= 15 is 0 Å². The molecule has 0 saturated heterocycles. The van der Waals surface area contributed by atoms with Crippen LogP contribution in [0.5, 0.6) is 0 Å². The van der Waals surface area contributed by atoms with Crippen LogP contribution in [0.25, 0.3) is 0 Å². The first-order chi connectivity index (χ1) is 14.2. The average molecular weight is 403 g/mol. The van der Waals surface area contributed by atoms with Crippen molar-refractivity contribution in [2.75, 3.05) is 7.05 Å². The second-order valence-corrected chi connectivity index (χ2v) is 6.98. The summed E-state index contributed by atoms with van der Waals surface area (Å²) in [7, 11) is 1.67. The van der Waals surface area contributed by atoms with Gasteiger partial charge in [-0.15, -0.1) is 0 Å². The Bertz CT molecular complexity index is 900. The molecule has 0 atom stereocenters. The van der Waals surface area contributed by atoms with Crippen molar-refractivity contribution in [3.63, 3.8) is 0 Å². The van der Waals surface area contributed by atoms with Crippen molar-refractivity contribution in [3.05, 3.63) is 101 Å². The molecule has 0 fully saturated rings. The number of ketones is 2. The Morgan fingerprint density at radius 3 is 1.13 bits per heavy atom. The molecular weight excluding hydrogens is 372 g/mol. The van der Waals surface area contributed by atoms with Crippen LogP contribution in [0.4, 0.5) is 5.69 Å². The Labute approximate surface area is 179 Å². The van der Waals surface area contributed by atoms with Gasteiger partial charge in [0.1, 0.15) is 0 Å². The van der Waals surface area contributed by atoms with Crippen LogP contribution in [0, 0.1) is 20.8 Å². The van der Waals surface area contributed by atoms with Crippen molar-refractivity contribution < 1.29 is 9.59 Å². The third-order valence-electron chi connectivity index (χ3n) is 4.17. The van der Waals surface area contributed by atoms with Crippen molar-refractivity contribution in [1.29, 1.82) is 0 Å². The van der Waals surface area contributed by atoms with Crippen LogP contribution in [0.3, 0.4) is 0 Å². The summed E-state index contributed by atoms with van der Waals surface area (Å²) in [6.45, 7) is 9.20. The van der Waals surface area contributed by atoms with Gasteiger partial charge < -0.3 is 0 Å². The molecule has 0 unspecified atom stereocenters. The zero-order valence-electron chi connectivity index (χ0n) is 18.6. The molecule has 4 heteroatoms. The van der Waals surface area contributed by atoms with Gasteiger partial charge in [0, 0.05) is 18.2 Å². The third-order valence-corrected chi connectivity index (χ3v) is 4.17. The molecule has 0 saturated carbocycles. The molecule has 4 nitrogen and oxygen atoms in total. The molecule has 0 bridgehead atoms. The monoisotopic (exact) mass is 402 g/mol. The summed E-state index contributed by atoms with van der Waals surface area (Å²) in [6, 6.07) is 23.1. The highest BCUT2D eigenvalue weighted by Gasteiger charge is 1.95. The maximum absolute atomic E-state index is 10.8. The largest absolute Gasteiger partial charge is 0.295 e. The van der Waals surface area contributed by atoms with Gasteiger partial charge in [0.15, 0.2) is 11.6 Å². The van der Waals surface area contributed by atoms with Gasteiger partial charge in [-0.05, 0) is 46.8 Å². The van der Waals surface area contributed by atoms with E-state index in [1.165, 1.54) is 16.7 Å². The lowest BCUT2D eigenvalue weighted by Gasteiger charge is -1.94. The van der Waals surface area contributed by atoms with Crippen molar-refractivity contribution in [2.24, 2.45) is 10.2 Å². The fraction of sp³-hybridized carbons (Fsp3) is 0.231. The predicted molar refractivity (Wildman–Crippen MR) is 124 cm³/mol. The summed E-state index contributed by atoms with van der Waals surface area (Å²) < 4.78 is 0. The fourth-order valence-electron chi connectivity index (χ4n) is 2.30. The maximum Gasteiger partial charge on any atom is 0.159 e. The average Bonchev–Trinajstić information content (AvgIpc) is 2.71. The Hall–Kier alpha value is -3.40. The SMILES string of the molecule is CC(=O)c1ccc(C)cc1.CC(=O)c1ccc(C)cc1.CN=Nc1ccc(C)cc1. The summed E-state index contributed by atoms with van der Waals surface area (Å²) in [5, 5.41) is 7.53. The van der Waals surface area contributed by atoms with Gasteiger partial charge in [-0.2, -0.15) is 10.2 Å². The van der Waals surface area contributed by atoms with Crippen LogP contribution in [-0.4, -0.2) is 18.6 Å². The van der Waals surface area contributed by atoms with E-state index < -0.39 is 0 Å². The zero-order chi connectivity index (χ0) is 22.5. The highest BCUT2D eigenvalue weighted by Crippen LogP contribution is 2.11. The summed E-state index contributed by atoms with van der Waals surface area (Å²) >= 11 is 0. The maximum atomic E-state index is 10.8. The number of hydrogen-bond donors (Lipinski definition) is 0. The minimum absolute atomic E-state index is 0.125. The van der Waals surface area contributed by atoms with Crippen molar-refractivity contribution in [3.8, 4) is 0 Å². The number of hydrogen-bond acceptors (Lipinski definition) is 4. The Morgan fingerprint density at radius 1 is 0.567 bits per heavy atom. The fourth-order valence-corrected chi connectivity index (χ4v) is 2.30. The second-order valence-electron chi connectivity index (χ2n) is 6.98. The smallest absolute Gasteiger partial charge is 0.159 e. The number of rotatable bonds is 3. The van der Waals surface area contributed by atoms with Crippen molar-refractivity contribution >= 4 is 17.3 Å². The van der Waals surface area contributed by atoms with Crippen LogP contribution in [0.2, 0.25) is 0 Å². The number of carbonyl (C=O) groups excluding carboxylic acids is 2. The molecule has 0 radical (unpaired) electrons. The Balaban J connectivity index is 0.000000225. The molecule has 3 aromatic carbocycles. The van der Waals surface area contributed by atoms with E-state index in [1.54, 1.807) is 20.9 Å². The predicted octanol–water partition coefficient (Wildman–Crippen LogP) is 7.10. The molecule has 0 aliphatic heterocycles. The molecule has 156 valence electrons. The number of aryl methyl sites for hydroxylation is 3. The van der Waals surface area contributed by atoms with E-state index in [0.717, 1.165) is 16.8 Å². The summed E-state index contributed by atoms with van der Waals surface area (Å²) in [4.78, 5) is 21.5. The molecule has 0 amide bonds. The molecular formula is C26H30N2O2. The van der Waals surface area contributed by atoms with Gasteiger partial charge in [-0.3, -0.25) is 9.59 Å². The zero-order valence-corrected chi connectivity index (χ0v) is 18.6. The van der Waals surface area contributed by atoms with Crippen molar-refractivity contribution in [1.82, 2.24) is 0 Å². The van der Waals surface area contributed by atoms with Crippen LogP contribution in [0.15, 0.2) is 83.0 Å². The van der Waals surface area contributed by atoms with Gasteiger partial charge in [-0.1, -0.05) is 77.4 Å². The number of carbonyl (C=O) groups is 2. The number of azo groups is 1. The number of benzene rings is 3. The third kappa shape index (κ3) is 9.69. The van der Waals surface area contributed by atoms with E-state index in [4.69, 9.17) is 0 Å². The minimum atomic E-state index is 0.125. The van der Waals surface area contributed by atoms with E-state index in [-0.39, 0.29) is 11.6 Å². The van der Waals surface area contributed by atoms with Crippen LogP contribution >= 0.6 is 0 Å². The standard InChI is InChI=1S/2C9H10O.C8H10N2/c2*1-7-3-5-9(6-4-7)8(2)10;1-7-3-5-8(6-4-7)10-9-2/h3*3-6H,1-2H3.